The highest BCUT2D eigenvalue weighted by Crippen LogP contribution is 2.29. The van der Waals surface area contributed by atoms with Crippen LogP contribution in [0.3, 0.4) is 0 Å². The SMILES string of the molecule is COc1ccc2c(C)cc(N3CCC(CC(=O)NC4CCC4)CC3)nc2c1. The summed E-state index contributed by atoms with van der Waals surface area (Å²) < 4.78 is 5.35. The van der Waals surface area contributed by atoms with Crippen LogP contribution in [-0.4, -0.2) is 37.1 Å². The van der Waals surface area contributed by atoms with Crippen molar-refractivity contribution in [2.45, 2.75) is 51.5 Å². The third kappa shape index (κ3) is 4.02. The Balaban J connectivity index is 1.39. The number of fused-ring (bicyclic) bond motifs is 1. The van der Waals surface area contributed by atoms with Crippen molar-refractivity contribution in [3.05, 3.63) is 29.8 Å². The van der Waals surface area contributed by atoms with Crippen LogP contribution in [-0.2, 0) is 4.79 Å². The highest BCUT2D eigenvalue weighted by molar-refractivity contribution is 5.85. The Morgan fingerprint density at radius 1 is 1.22 bits per heavy atom. The lowest BCUT2D eigenvalue weighted by atomic mass is 9.90. The minimum atomic E-state index is 0.241. The second-order valence-electron chi connectivity index (χ2n) is 8.01. The molecule has 1 aliphatic heterocycles. The molecule has 0 radical (unpaired) electrons. The van der Waals surface area contributed by atoms with Crippen molar-refractivity contribution < 1.29 is 9.53 Å². The van der Waals surface area contributed by atoms with Gasteiger partial charge in [-0.2, -0.15) is 0 Å². The predicted molar refractivity (Wildman–Crippen MR) is 108 cm³/mol. The number of ether oxygens (including phenoxy) is 1. The lowest BCUT2D eigenvalue weighted by Gasteiger charge is -2.33. The molecule has 1 aromatic carbocycles. The molecule has 4 rings (SSSR count). The molecule has 27 heavy (non-hydrogen) atoms. The second-order valence-corrected chi connectivity index (χ2v) is 8.01. The van der Waals surface area contributed by atoms with Gasteiger partial charge in [0.05, 0.1) is 12.6 Å². The topological polar surface area (TPSA) is 54.5 Å². The quantitative estimate of drug-likeness (QED) is 0.873. The summed E-state index contributed by atoms with van der Waals surface area (Å²) in [5.41, 5.74) is 2.21. The van der Waals surface area contributed by atoms with Gasteiger partial charge in [0.2, 0.25) is 5.91 Å². The van der Waals surface area contributed by atoms with Crippen LogP contribution in [0.2, 0.25) is 0 Å². The zero-order valence-electron chi connectivity index (χ0n) is 16.3. The molecule has 1 aliphatic carbocycles. The van der Waals surface area contributed by atoms with E-state index in [0.29, 0.717) is 18.4 Å². The van der Waals surface area contributed by atoms with Gasteiger partial charge in [-0.25, -0.2) is 4.98 Å². The van der Waals surface area contributed by atoms with Crippen molar-refractivity contribution in [2.24, 2.45) is 5.92 Å². The van der Waals surface area contributed by atoms with Gasteiger partial charge >= 0.3 is 0 Å². The van der Waals surface area contributed by atoms with Crippen molar-refractivity contribution in [1.29, 1.82) is 0 Å². The van der Waals surface area contributed by atoms with E-state index >= 15 is 0 Å². The minimum absolute atomic E-state index is 0.241. The second kappa shape index (κ2) is 7.75. The minimum Gasteiger partial charge on any atom is -0.497 e. The molecule has 2 aromatic rings. The van der Waals surface area contributed by atoms with Gasteiger partial charge in [-0.1, -0.05) is 0 Å². The summed E-state index contributed by atoms with van der Waals surface area (Å²) in [4.78, 5) is 19.4. The standard InChI is InChI=1S/C22H29N3O2/c1-15-12-21(24-20-14-18(27-2)6-7-19(15)20)25-10-8-16(9-11-25)13-22(26)23-17-4-3-5-17/h6-7,12,14,16-17H,3-5,8-11,13H2,1-2H3,(H,23,26). The molecule has 2 heterocycles. The zero-order valence-corrected chi connectivity index (χ0v) is 16.3. The highest BCUT2D eigenvalue weighted by Gasteiger charge is 2.25. The third-order valence-electron chi connectivity index (χ3n) is 6.09. The van der Waals surface area contributed by atoms with E-state index in [1.807, 2.05) is 12.1 Å². The van der Waals surface area contributed by atoms with E-state index < -0.39 is 0 Å². The van der Waals surface area contributed by atoms with Crippen molar-refractivity contribution in [1.82, 2.24) is 10.3 Å². The Labute approximate surface area is 161 Å². The van der Waals surface area contributed by atoms with Crippen molar-refractivity contribution in [2.75, 3.05) is 25.1 Å². The van der Waals surface area contributed by atoms with Gasteiger partial charge in [-0.3, -0.25) is 4.79 Å². The summed E-state index contributed by atoms with van der Waals surface area (Å²) in [6, 6.07) is 8.69. The maximum atomic E-state index is 12.2. The number of nitrogens with one attached hydrogen (secondary N) is 1. The highest BCUT2D eigenvalue weighted by atomic mass is 16.5. The average molecular weight is 367 g/mol. The van der Waals surface area contributed by atoms with E-state index in [2.05, 4.69) is 29.3 Å². The molecule has 1 amide bonds. The molecule has 1 saturated heterocycles. The molecule has 0 atom stereocenters. The number of benzene rings is 1. The number of methoxy groups -OCH3 is 1. The lowest BCUT2D eigenvalue weighted by Crippen LogP contribution is -2.41. The number of carbonyl (C=O) groups is 1. The van der Waals surface area contributed by atoms with E-state index in [1.54, 1.807) is 7.11 Å². The normalized spacial score (nSPS) is 18.4. The predicted octanol–water partition coefficient (Wildman–Crippen LogP) is 3.83. The molecule has 0 unspecified atom stereocenters. The van der Waals surface area contributed by atoms with E-state index in [0.717, 1.165) is 55.9 Å². The van der Waals surface area contributed by atoms with Gasteiger partial charge < -0.3 is 15.0 Å². The van der Waals surface area contributed by atoms with E-state index in [1.165, 1.54) is 17.4 Å². The Morgan fingerprint density at radius 2 is 2.00 bits per heavy atom. The fourth-order valence-electron chi connectivity index (χ4n) is 4.12. The van der Waals surface area contributed by atoms with Gasteiger partial charge in [-0.15, -0.1) is 0 Å². The monoisotopic (exact) mass is 367 g/mol. The van der Waals surface area contributed by atoms with Crippen LogP contribution in [0.25, 0.3) is 10.9 Å². The zero-order chi connectivity index (χ0) is 18.8. The van der Waals surface area contributed by atoms with Crippen LogP contribution in [0.15, 0.2) is 24.3 Å². The maximum Gasteiger partial charge on any atom is 0.220 e. The molecule has 1 saturated carbocycles. The van der Waals surface area contributed by atoms with Gasteiger partial charge in [0.15, 0.2) is 0 Å². The molecule has 1 aromatic heterocycles. The summed E-state index contributed by atoms with van der Waals surface area (Å²) in [5, 5.41) is 4.34. The first-order chi connectivity index (χ1) is 13.1. The van der Waals surface area contributed by atoms with Crippen LogP contribution < -0.4 is 15.0 Å². The lowest BCUT2D eigenvalue weighted by molar-refractivity contribution is -0.123. The van der Waals surface area contributed by atoms with E-state index in [4.69, 9.17) is 9.72 Å². The summed E-state index contributed by atoms with van der Waals surface area (Å²) in [7, 11) is 1.68. The van der Waals surface area contributed by atoms with Crippen LogP contribution in [0.5, 0.6) is 5.75 Å². The molecule has 2 fully saturated rings. The van der Waals surface area contributed by atoms with Gasteiger partial charge in [0.25, 0.3) is 0 Å². The van der Waals surface area contributed by atoms with Crippen LogP contribution in [0.1, 0.15) is 44.1 Å². The number of hydrogen-bond donors (Lipinski definition) is 1. The number of anilines is 1. The Morgan fingerprint density at radius 3 is 2.67 bits per heavy atom. The van der Waals surface area contributed by atoms with Crippen molar-refractivity contribution in [3.8, 4) is 5.75 Å². The van der Waals surface area contributed by atoms with Crippen LogP contribution >= 0.6 is 0 Å². The number of pyridine rings is 1. The third-order valence-corrected chi connectivity index (χ3v) is 6.09. The smallest absolute Gasteiger partial charge is 0.220 e. The first kappa shape index (κ1) is 18.1. The van der Waals surface area contributed by atoms with Gasteiger partial charge in [0, 0.05) is 37.0 Å². The molecule has 0 bridgehead atoms. The molecule has 5 nitrogen and oxygen atoms in total. The van der Waals surface area contributed by atoms with E-state index in [9.17, 15) is 4.79 Å². The number of hydrogen-bond acceptors (Lipinski definition) is 4. The number of nitrogens with zero attached hydrogens (tertiary/aromatic N) is 2. The summed E-state index contributed by atoms with van der Waals surface area (Å²) in [5.74, 6) is 2.60. The molecule has 5 heteroatoms. The van der Waals surface area contributed by atoms with Crippen LogP contribution in [0.4, 0.5) is 5.82 Å². The number of piperidine rings is 1. The molecule has 2 aliphatic rings. The Kier molecular flexibility index (Phi) is 5.19. The Hall–Kier alpha value is -2.30. The number of aryl methyl sites for hydroxylation is 1. The molecular weight excluding hydrogens is 338 g/mol. The first-order valence-electron chi connectivity index (χ1n) is 10.1. The van der Waals surface area contributed by atoms with Gasteiger partial charge in [0.1, 0.15) is 11.6 Å². The fourth-order valence-corrected chi connectivity index (χ4v) is 4.12. The molecular formula is C22H29N3O2. The number of aromatic nitrogens is 1. The molecule has 0 spiro atoms. The van der Waals surface area contributed by atoms with E-state index in [-0.39, 0.29) is 5.91 Å². The van der Waals surface area contributed by atoms with Crippen molar-refractivity contribution >= 4 is 22.6 Å². The number of rotatable bonds is 5. The number of amides is 1. The fraction of sp³-hybridized carbons (Fsp3) is 0.545. The Bertz CT molecular complexity index is 824. The summed E-state index contributed by atoms with van der Waals surface area (Å²) in [6.07, 6.45) is 6.34. The number of carbonyl (C=O) groups excluding carboxylic acids is 1. The summed E-state index contributed by atoms with van der Waals surface area (Å²) in [6.45, 7) is 4.06. The largest absolute Gasteiger partial charge is 0.497 e. The maximum absolute atomic E-state index is 12.2. The average Bonchev–Trinajstić information content (AvgIpc) is 2.65. The van der Waals surface area contributed by atoms with Gasteiger partial charge in [-0.05, 0) is 68.7 Å². The molecule has 1 N–H and O–H groups in total. The van der Waals surface area contributed by atoms with Crippen LogP contribution in [0, 0.1) is 12.8 Å². The summed E-state index contributed by atoms with van der Waals surface area (Å²) >= 11 is 0. The molecule has 144 valence electrons. The van der Waals surface area contributed by atoms with Crippen molar-refractivity contribution in [3.63, 3.8) is 0 Å². The first-order valence-corrected chi connectivity index (χ1v) is 10.1.